The number of halogens is 2. The molecule has 0 spiro atoms. The zero-order chi connectivity index (χ0) is 17.7. The van der Waals surface area contributed by atoms with Gasteiger partial charge in [-0.15, -0.1) is 0 Å². The monoisotopic (exact) mass is 360 g/mol. The molecule has 0 atom stereocenters. The number of pyridine rings is 1. The molecule has 6 heteroatoms. The molecule has 1 heterocycles. The molecule has 2 N–H and O–H groups in total. The van der Waals surface area contributed by atoms with Gasteiger partial charge in [-0.2, -0.15) is 0 Å². The second-order valence-corrected chi connectivity index (χ2v) is 6.74. The molecule has 3 rings (SSSR count). The van der Waals surface area contributed by atoms with E-state index in [4.69, 9.17) is 11.6 Å². The van der Waals surface area contributed by atoms with E-state index in [1.165, 1.54) is 6.07 Å². The molecule has 25 heavy (non-hydrogen) atoms. The summed E-state index contributed by atoms with van der Waals surface area (Å²) in [6.45, 7) is 1.41. The van der Waals surface area contributed by atoms with Gasteiger partial charge in [-0.05, 0) is 42.5 Å². The number of hydrogen-bond acceptors (Lipinski definition) is 2. The Hall–Kier alpha value is -2.14. The Labute approximate surface area is 152 Å². The maximum Gasteiger partial charge on any atom is 0.191 e. The van der Waals surface area contributed by atoms with Crippen LogP contribution in [0.5, 0.6) is 0 Å². The first-order chi connectivity index (χ1) is 12.1. The van der Waals surface area contributed by atoms with Gasteiger partial charge in [-0.1, -0.05) is 35.9 Å². The van der Waals surface area contributed by atoms with E-state index in [0.29, 0.717) is 11.7 Å². The van der Waals surface area contributed by atoms with Gasteiger partial charge >= 0.3 is 0 Å². The largest absolute Gasteiger partial charge is 0.356 e. The average Bonchev–Trinajstić information content (AvgIpc) is 3.41. The number of aromatic nitrogens is 1. The molecule has 0 bridgehead atoms. The van der Waals surface area contributed by atoms with Crippen LogP contribution in [0.3, 0.4) is 0 Å². The van der Waals surface area contributed by atoms with Crippen molar-refractivity contribution in [3.8, 4) is 0 Å². The zero-order valence-corrected chi connectivity index (χ0v) is 15.0. The van der Waals surface area contributed by atoms with Crippen LogP contribution in [0.15, 0.2) is 47.6 Å². The van der Waals surface area contributed by atoms with Crippen molar-refractivity contribution in [2.75, 3.05) is 20.1 Å². The highest BCUT2D eigenvalue weighted by Gasteiger charge is 2.45. The van der Waals surface area contributed by atoms with Crippen molar-refractivity contribution in [1.29, 1.82) is 0 Å². The molecular weight excluding hydrogens is 339 g/mol. The Morgan fingerprint density at radius 3 is 2.68 bits per heavy atom. The first kappa shape index (κ1) is 17.7. The minimum Gasteiger partial charge on any atom is -0.356 e. The summed E-state index contributed by atoms with van der Waals surface area (Å²) >= 11 is 5.79. The lowest BCUT2D eigenvalue weighted by Gasteiger charge is -2.19. The van der Waals surface area contributed by atoms with Crippen LogP contribution in [-0.2, 0) is 11.8 Å². The molecule has 0 amide bonds. The van der Waals surface area contributed by atoms with Crippen LogP contribution in [0.25, 0.3) is 0 Å². The second-order valence-electron chi connectivity index (χ2n) is 6.35. The minimum atomic E-state index is -0.125. The van der Waals surface area contributed by atoms with E-state index < -0.39 is 0 Å². The third-order valence-electron chi connectivity index (χ3n) is 4.61. The lowest BCUT2D eigenvalue weighted by Crippen LogP contribution is -2.42. The van der Waals surface area contributed by atoms with Crippen molar-refractivity contribution in [3.05, 3.63) is 64.7 Å². The molecule has 2 aromatic rings. The summed E-state index contributed by atoms with van der Waals surface area (Å²) in [5, 5.41) is 7.11. The maximum atomic E-state index is 14.1. The fourth-order valence-corrected chi connectivity index (χ4v) is 3.05. The van der Waals surface area contributed by atoms with Crippen molar-refractivity contribution in [1.82, 2.24) is 15.6 Å². The molecule has 1 aliphatic rings. The molecule has 1 saturated carbocycles. The highest BCUT2D eigenvalue weighted by atomic mass is 35.5. The number of rotatable bonds is 6. The van der Waals surface area contributed by atoms with Crippen LogP contribution in [-0.4, -0.2) is 31.1 Å². The van der Waals surface area contributed by atoms with Crippen LogP contribution in [0, 0.1) is 5.82 Å². The van der Waals surface area contributed by atoms with Gasteiger partial charge in [0, 0.05) is 31.7 Å². The van der Waals surface area contributed by atoms with Crippen LogP contribution in [0.1, 0.15) is 24.0 Å². The first-order valence-electron chi connectivity index (χ1n) is 8.43. The summed E-state index contributed by atoms with van der Waals surface area (Å²) in [5.74, 6) is 0.601. The van der Waals surface area contributed by atoms with E-state index in [1.807, 2.05) is 18.2 Å². The molecular formula is C19H22ClFN4. The Balaban J connectivity index is 1.50. The van der Waals surface area contributed by atoms with Gasteiger partial charge in [0.05, 0.1) is 0 Å². The fourth-order valence-electron chi connectivity index (χ4n) is 2.94. The van der Waals surface area contributed by atoms with Gasteiger partial charge in [-0.3, -0.25) is 4.99 Å². The molecule has 1 fully saturated rings. The number of hydrogen-bond donors (Lipinski definition) is 2. The third kappa shape index (κ3) is 4.48. The predicted octanol–water partition coefficient (Wildman–Crippen LogP) is 3.31. The van der Waals surface area contributed by atoms with Crippen LogP contribution < -0.4 is 10.6 Å². The minimum absolute atomic E-state index is 0.108. The number of aliphatic imine (C=N–C) groups is 1. The second kappa shape index (κ2) is 7.83. The number of guanidine groups is 1. The van der Waals surface area contributed by atoms with E-state index in [0.717, 1.165) is 42.9 Å². The van der Waals surface area contributed by atoms with E-state index in [9.17, 15) is 4.39 Å². The van der Waals surface area contributed by atoms with E-state index in [-0.39, 0.29) is 11.2 Å². The average molecular weight is 361 g/mol. The smallest absolute Gasteiger partial charge is 0.191 e. The van der Waals surface area contributed by atoms with Crippen LogP contribution in [0.4, 0.5) is 4.39 Å². The van der Waals surface area contributed by atoms with E-state index in [2.05, 4.69) is 20.6 Å². The SMILES string of the molecule is CN=C(NCCc1ccc(Cl)nc1)NCC1(c2ccccc2F)CC1. The summed E-state index contributed by atoms with van der Waals surface area (Å²) in [4.78, 5) is 8.32. The highest BCUT2D eigenvalue weighted by molar-refractivity contribution is 6.29. The van der Waals surface area contributed by atoms with Crippen molar-refractivity contribution in [3.63, 3.8) is 0 Å². The Morgan fingerprint density at radius 1 is 1.24 bits per heavy atom. The van der Waals surface area contributed by atoms with Crippen molar-refractivity contribution >= 4 is 17.6 Å². The first-order valence-corrected chi connectivity index (χ1v) is 8.81. The van der Waals surface area contributed by atoms with Crippen LogP contribution in [0.2, 0.25) is 5.15 Å². The zero-order valence-electron chi connectivity index (χ0n) is 14.2. The van der Waals surface area contributed by atoms with Gasteiger partial charge < -0.3 is 10.6 Å². The van der Waals surface area contributed by atoms with Crippen molar-refractivity contribution < 1.29 is 4.39 Å². The molecule has 132 valence electrons. The summed E-state index contributed by atoms with van der Waals surface area (Å²) in [7, 11) is 1.74. The third-order valence-corrected chi connectivity index (χ3v) is 4.83. The number of nitrogens with zero attached hydrogens (tertiary/aromatic N) is 2. The lowest BCUT2D eigenvalue weighted by atomic mass is 9.95. The van der Waals surface area contributed by atoms with Crippen LogP contribution >= 0.6 is 11.6 Å². The molecule has 0 saturated heterocycles. The quantitative estimate of drug-likeness (QED) is 0.472. The predicted molar refractivity (Wildman–Crippen MR) is 99.6 cm³/mol. The fraction of sp³-hybridized carbons (Fsp3) is 0.368. The highest BCUT2D eigenvalue weighted by Crippen LogP contribution is 2.48. The molecule has 1 aromatic carbocycles. The summed E-state index contributed by atoms with van der Waals surface area (Å²) < 4.78 is 14.1. The van der Waals surface area contributed by atoms with Crippen molar-refractivity contribution in [2.45, 2.75) is 24.7 Å². The normalized spacial score (nSPS) is 15.7. The topological polar surface area (TPSA) is 49.3 Å². The molecule has 1 aromatic heterocycles. The van der Waals surface area contributed by atoms with Gasteiger partial charge in [-0.25, -0.2) is 9.37 Å². The summed E-state index contributed by atoms with van der Waals surface area (Å²) in [6, 6.07) is 10.8. The maximum absolute atomic E-state index is 14.1. The van der Waals surface area contributed by atoms with E-state index in [1.54, 1.807) is 25.4 Å². The molecule has 1 aliphatic carbocycles. The molecule has 4 nitrogen and oxygen atoms in total. The standard InChI is InChI=1S/C19H22ClFN4/c1-22-18(23-11-8-14-6-7-17(20)24-12-14)25-13-19(9-10-19)15-4-2-3-5-16(15)21/h2-7,12H,8-11,13H2,1H3,(H2,22,23,25). The molecule has 0 aliphatic heterocycles. The Kier molecular flexibility index (Phi) is 5.53. The van der Waals surface area contributed by atoms with Gasteiger partial charge in [0.15, 0.2) is 5.96 Å². The Bertz CT molecular complexity index is 741. The number of nitrogens with one attached hydrogen (secondary N) is 2. The molecule has 0 radical (unpaired) electrons. The summed E-state index contributed by atoms with van der Waals surface area (Å²) in [5.41, 5.74) is 1.80. The number of benzene rings is 1. The van der Waals surface area contributed by atoms with E-state index >= 15 is 0 Å². The van der Waals surface area contributed by atoms with Gasteiger partial charge in [0.1, 0.15) is 11.0 Å². The van der Waals surface area contributed by atoms with Crippen molar-refractivity contribution in [2.24, 2.45) is 4.99 Å². The van der Waals surface area contributed by atoms with Gasteiger partial charge in [0.25, 0.3) is 0 Å². The summed E-state index contributed by atoms with van der Waals surface area (Å²) in [6.07, 6.45) is 4.59. The van der Waals surface area contributed by atoms with Gasteiger partial charge in [0.2, 0.25) is 0 Å². The molecule has 0 unspecified atom stereocenters. The Morgan fingerprint density at radius 2 is 2.04 bits per heavy atom. The lowest BCUT2D eigenvalue weighted by molar-refractivity contribution is 0.559.